The zero-order valence-corrected chi connectivity index (χ0v) is 17.6. The second-order valence-corrected chi connectivity index (χ2v) is 11.2. The highest BCUT2D eigenvalue weighted by molar-refractivity contribution is 5.66. The Hall–Kier alpha value is -0.570. The van der Waals surface area contributed by atoms with E-state index in [4.69, 9.17) is 5.11 Å². The Morgan fingerprint density at radius 1 is 1.00 bits per heavy atom. The van der Waals surface area contributed by atoms with Crippen molar-refractivity contribution in [3.63, 3.8) is 0 Å². The van der Waals surface area contributed by atoms with Crippen LogP contribution in [0.15, 0.2) is 0 Å². The lowest BCUT2D eigenvalue weighted by Gasteiger charge is -2.61. The number of hydrogen-bond acceptors (Lipinski definition) is 2. The van der Waals surface area contributed by atoms with Gasteiger partial charge in [0.1, 0.15) is 0 Å². The van der Waals surface area contributed by atoms with Gasteiger partial charge in [-0.15, -0.1) is 0 Å². The SMILES string of the molecule is CC(CCC(=O)O)C1CCC2C3CC[C@H]4CC(O)CC[C@@]4(C)C3CC[C@@]12C. The molecule has 3 heteroatoms. The van der Waals surface area contributed by atoms with E-state index in [0.29, 0.717) is 29.1 Å². The van der Waals surface area contributed by atoms with Gasteiger partial charge in [0.2, 0.25) is 0 Å². The van der Waals surface area contributed by atoms with Gasteiger partial charge in [-0.05, 0) is 111 Å². The average Bonchev–Trinajstić information content (AvgIpc) is 2.97. The molecule has 0 saturated heterocycles. The first-order valence-electron chi connectivity index (χ1n) is 11.7. The van der Waals surface area contributed by atoms with Gasteiger partial charge in [-0.1, -0.05) is 20.8 Å². The fourth-order valence-electron chi connectivity index (χ4n) is 8.76. The predicted octanol–water partition coefficient (Wildman–Crippen LogP) is 5.51. The zero-order chi connectivity index (χ0) is 19.4. The topological polar surface area (TPSA) is 57.5 Å². The summed E-state index contributed by atoms with van der Waals surface area (Å²) in [6, 6.07) is 0. The quantitative estimate of drug-likeness (QED) is 0.680. The molecule has 0 aromatic carbocycles. The fourth-order valence-corrected chi connectivity index (χ4v) is 8.76. The van der Waals surface area contributed by atoms with Crippen LogP contribution in [-0.2, 0) is 4.79 Å². The van der Waals surface area contributed by atoms with Crippen LogP contribution in [0, 0.1) is 46.3 Å². The van der Waals surface area contributed by atoms with E-state index in [1.54, 1.807) is 0 Å². The number of carbonyl (C=O) groups is 1. The van der Waals surface area contributed by atoms with Crippen LogP contribution in [0.3, 0.4) is 0 Å². The van der Waals surface area contributed by atoms with Crippen molar-refractivity contribution in [2.45, 2.75) is 97.5 Å². The van der Waals surface area contributed by atoms with Crippen molar-refractivity contribution in [1.82, 2.24) is 0 Å². The molecule has 0 bridgehead atoms. The first-order chi connectivity index (χ1) is 12.8. The van der Waals surface area contributed by atoms with Crippen molar-refractivity contribution in [2.24, 2.45) is 46.3 Å². The third-order valence-electron chi connectivity index (χ3n) is 10.2. The summed E-state index contributed by atoms with van der Waals surface area (Å²) >= 11 is 0. The highest BCUT2D eigenvalue weighted by atomic mass is 16.4. The number of fused-ring (bicyclic) bond motifs is 5. The maximum absolute atomic E-state index is 11.0. The summed E-state index contributed by atoms with van der Waals surface area (Å²) in [5.74, 6) is 3.91. The van der Waals surface area contributed by atoms with Gasteiger partial charge in [0.05, 0.1) is 6.10 Å². The minimum atomic E-state index is -0.643. The van der Waals surface area contributed by atoms with Gasteiger partial charge in [0.15, 0.2) is 0 Å². The van der Waals surface area contributed by atoms with E-state index < -0.39 is 5.97 Å². The molecule has 6 unspecified atom stereocenters. The van der Waals surface area contributed by atoms with E-state index >= 15 is 0 Å². The molecule has 4 rings (SSSR count). The molecule has 0 heterocycles. The van der Waals surface area contributed by atoms with E-state index in [-0.39, 0.29) is 6.10 Å². The summed E-state index contributed by atoms with van der Waals surface area (Å²) in [6.45, 7) is 7.43. The summed E-state index contributed by atoms with van der Waals surface area (Å²) < 4.78 is 0. The predicted molar refractivity (Wildman–Crippen MR) is 107 cm³/mol. The Bertz CT molecular complexity index is 574. The zero-order valence-electron chi connectivity index (χ0n) is 17.6. The van der Waals surface area contributed by atoms with E-state index in [1.165, 1.54) is 44.9 Å². The average molecular weight is 377 g/mol. The van der Waals surface area contributed by atoms with Gasteiger partial charge >= 0.3 is 5.97 Å². The smallest absolute Gasteiger partial charge is 0.303 e. The van der Waals surface area contributed by atoms with Crippen molar-refractivity contribution in [1.29, 1.82) is 0 Å². The Morgan fingerprint density at radius 3 is 2.44 bits per heavy atom. The van der Waals surface area contributed by atoms with Crippen LogP contribution in [-0.4, -0.2) is 22.3 Å². The molecule has 0 spiro atoms. The van der Waals surface area contributed by atoms with E-state index in [1.807, 2.05) is 0 Å². The number of hydrogen-bond donors (Lipinski definition) is 2. The maximum Gasteiger partial charge on any atom is 0.303 e. The Labute approximate surface area is 165 Å². The van der Waals surface area contributed by atoms with Crippen molar-refractivity contribution in [3.05, 3.63) is 0 Å². The van der Waals surface area contributed by atoms with Gasteiger partial charge in [-0.2, -0.15) is 0 Å². The van der Waals surface area contributed by atoms with E-state index in [0.717, 1.165) is 42.9 Å². The Balaban J connectivity index is 1.51. The highest BCUT2D eigenvalue weighted by Gasteiger charge is 2.60. The molecule has 0 aliphatic heterocycles. The molecule has 0 aromatic rings. The summed E-state index contributed by atoms with van der Waals surface area (Å²) in [4.78, 5) is 11.0. The molecular weight excluding hydrogens is 336 g/mol. The molecule has 3 nitrogen and oxygen atoms in total. The molecule has 27 heavy (non-hydrogen) atoms. The molecule has 4 saturated carbocycles. The van der Waals surface area contributed by atoms with Gasteiger partial charge in [-0.3, -0.25) is 4.79 Å². The van der Waals surface area contributed by atoms with Crippen molar-refractivity contribution >= 4 is 5.97 Å². The monoisotopic (exact) mass is 376 g/mol. The molecule has 0 radical (unpaired) electrons. The van der Waals surface area contributed by atoms with Crippen molar-refractivity contribution in [2.75, 3.05) is 0 Å². The van der Waals surface area contributed by atoms with Crippen molar-refractivity contribution < 1.29 is 15.0 Å². The fraction of sp³-hybridized carbons (Fsp3) is 0.958. The van der Waals surface area contributed by atoms with Gasteiger partial charge in [-0.25, -0.2) is 0 Å². The standard InChI is InChI=1S/C24H40O3/c1-15(4-9-22(26)27)19-7-8-20-18-6-5-16-14-17(25)10-12-23(16,2)21(18)11-13-24(19,20)3/h15-21,25H,4-14H2,1-3H3,(H,26,27)/t15?,16-,17?,18?,19?,20?,21?,23+,24-/m0/s1. The van der Waals surface area contributed by atoms with E-state index in [9.17, 15) is 9.90 Å². The first-order valence-corrected chi connectivity index (χ1v) is 11.7. The Morgan fingerprint density at radius 2 is 1.70 bits per heavy atom. The number of rotatable bonds is 4. The minimum absolute atomic E-state index is 0.0561. The van der Waals surface area contributed by atoms with Crippen LogP contribution in [0.5, 0.6) is 0 Å². The molecule has 0 amide bonds. The minimum Gasteiger partial charge on any atom is -0.481 e. The number of aliphatic hydroxyl groups excluding tert-OH is 1. The number of carboxylic acid groups (broad SMARTS) is 1. The largest absolute Gasteiger partial charge is 0.481 e. The number of carboxylic acids is 1. The first kappa shape index (κ1) is 19.7. The molecule has 0 aromatic heterocycles. The molecule has 4 aliphatic rings. The molecule has 2 N–H and O–H groups in total. The lowest BCUT2D eigenvalue weighted by atomic mass is 9.44. The van der Waals surface area contributed by atoms with Gasteiger partial charge < -0.3 is 10.2 Å². The maximum atomic E-state index is 11.0. The van der Waals surface area contributed by atoms with E-state index in [2.05, 4.69) is 20.8 Å². The summed E-state index contributed by atoms with van der Waals surface area (Å²) in [5, 5.41) is 19.3. The highest BCUT2D eigenvalue weighted by Crippen LogP contribution is 2.68. The van der Waals surface area contributed by atoms with Crippen LogP contribution in [0.4, 0.5) is 0 Å². The molecule has 154 valence electrons. The van der Waals surface area contributed by atoms with Crippen LogP contribution in [0.25, 0.3) is 0 Å². The number of aliphatic hydroxyl groups is 1. The lowest BCUT2D eigenvalue weighted by molar-refractivity contribution is -0.138. The third-order valence-corrected chi connectivity index (χ3v) is 10.2. The van der Waals surface area contributed by atoms with Crippen LogP contribution in [0.2, 0.25) is 0 Å². The van der Waals surface area contributed by atoms with Gasteiger partial charge in [0, 0.05) is 6.42 Å². The summed E-state index contributed by atoms with van der Waals surface area (Å²) in [7, 11) is 0. The molecule has 4 aliphatic carbocycles. The Kier molecular flexibility index (Phi) is 5.15. The molecular formula is C24H40O3. The van der Waals surface area contributed by atoms with Crippen molar-refractivity contribution in [3.8, 4) is 0 Å². The molecule has 4 fully saturated rings. The molecule has 9 atom stereocenters. The number of aliphatic carboxylic acids is 1. The normalized spacial score (nSPS) is 50.4. The lowest BCUT2D eigenvalue weighted by Crippen LogP contribution is -2.54. The summed E-state index contributed by atoms with van der Waals surface area (Å²) in [5.41, 5.74) is 0.882. The second-order valence-electron chi connectivity index (χ2n) is 11.2. The van der Waals surface area contributed by atoms with Gasteiger partial charge in [0.25, 0.3) is 0 Å². The third kappa shape index (κ3) is 3.16. The summed E-state index contributed by atoms with van der Waals surface area (Å²) in [6.07, 6.45) is 12.4. The van der Waals surface area contributed by atoms with Crippen LogP contribution < -0.4 is 0 Å². The van der Waals surface area contributed by atoms with Crippen LogP contribution in [0.1, 0.15) is 91.4 Å². The van der Waals surface area contributed by atoms with Crippen LogP contribution >= 0.6 is 0 Å². The second kappa shape index (κ2) is 7.04.